The predicted molar refractivity (Wildman–Crippen MR) is 36.5 cm³/mol. The van der Waals surface area contributed by atoms with Crippen LogP contribution in [-0.4, -0.2) is 13.0 Å². The first kappa shape index (κ1) is 6.08. The summed E-state index contributed by atoms with van der Waals surface area (Å²) in [4.78, 5) is 0. The van der Waals surface area contributed by atoms with Crippen molar-refractivity contribution >= 4 is 5.90 Å². The molecule has 0 fully saturated rings. The molecule has 0 aromatic heterocycles. The number of nitrogens with one attached hydrogen (secondary N) is 1. The van der Waals surface area contributed by atoms with E-state index in [1.54, 1.807) is 0 Å². The van der Waals surface area contributed by atoms with Crippen molar-refractivity contribution in [1.29, 1.82) is 5.41 Å². The summed E-state index contributed by atoms with van der Waals surface area (Å²) < 4.78 is 4.71. The largest absolute Gasteiger partial charge is 0.484 e. The minimum absolute atomic E-state index is 0.0787. The van der Waals surface area contributed by atoms with E-state index in [1.807, 2.05) is 24.3 Å². The summed E-state index contributed by atoms with van der Waals surface area (Å²) >= 11 is 0. The molecule has 9 heavy (non-hydrogen) atoms. The number of hydrogen-bond acceptors (Lipinski definition) is 2. The summed E-state index contributed by atoms with van der Waals surface area (Å²) in [5, 5.41) is 7.21. The Morgan fingerprint density at radius 2 is 2.00 bits per heavy atom. The van der Waals surface area contributed by atoms with Gasteiger partial charge in [-0.25, -0.2) is 0 Å². The lowest BCUT2D eigenvalue weighted by molar-refractivity contribution is 0.382. The average molecular weight is 123 g/mol. The highest BCUT2D eigenvalue weighted by molar-refractivity contribution is 5.80. The second-order valence-corrected chi connectivity index (χ2v) is 1.86. The molecule has 48 valence electrons. The first-order valence-corrected chi connectivity index (χ1v) is 2.82. The third-order valence-corrected chi connectivity index (χ3v) is 1.27. The van der Waals surface area contributed by atoms with E-state index in [9.17, 15) is 0 Å². The fraction of sp³-hybridized carbons (Fsp3) is 0.286. The molecule has 0 heterocycles. The lowest BCUT2D eigenvalue weighted by atomic mass is 10.2. The fourth-order valence-corrected chi connectivity index (χ4v) is 0.743. The van der Waals surface area contributed by atoms with Crippen molar-refractivity contribution < 1.29 is 4.74 Å². The van der Waals surface area contributed by atoms with E-state index < -0.39 is 0 Å². The zero-order valence-corrected chi connectivity index (χ0v) is 5.29. The van der Waals surface area contributed by atoms with Gasteiger partial charge in [0.1, 0.15) is 0 Å². The van der Waals surface area contributed by atoms with Crippen molar-refractivity contribution in [2.45, 2.75) is 0 Å². The number of hydrogen-bond donors (Lipinski definition) is 1. The number of allylic oxidation sites excluding steroid dienone is 2. The Morgan fingerprint density at radius 3 is 2.44 bits per heavy atom. The van der Waals surface area contributed by atoms with Gasteiger partial charge in [-0.15, -0.1) is 0 Å². The summed E-state index contributed by atoms with van der Waals surface area (Å²) in [6.45, 7) is 0. The molecule has 0 saturated carbocycles. The Morgan fingerprint density at radius 1 is 1.44 bits per heavy atom. The van der Waals surface area contributed by atoms with E-state index in [4.69, 9.17) is 10.1 Å². The monoisotopic (exact) mass is 123 g/mol. The van der Waals surface area contributed by atoms with Crippen molar-refractivity contribution in [2.75, 3.05) is 7.11 Å². The van der Waals surface area contributed by atoms with Crippen LogP contribution in [0, 0.1) is 11.3 Å². The minimum Gasteiger partial charge on any atom is -0.484 e. The van der Waals surface area contributed by atoms with Crippen LogP contribution in [0.3, 0.4) is 0 Å². The third kappa shape index (κ3) is 1.19. The van der Waals surface area contributed by atoms with Gasteiger partial charge in [-0.1, -0.05) is 24.3 Å². The van der Waals surface area contributed by atoms with Crippen LogP contribution in [-0.2, 0) is 4.74 Å². The van der Waals surface area contributed by atoms with E-state index in [-0.39, 0.29) is 5.92 Å². The predicted octanol–water partition coefficient (Wildman–Crippen LogP) is 1.35. The van der Waals surface area contributed by atoms with Gasteiger partial charge in [-0.3, -0.25) is 5.41 Å². The first-order valence-electron chi connectivity index (χ1n) is 2.82. The smallest absolute Gasteiger partial charge is 0.191 e. The molecule has 0 spiro atoms. The highest BCUT2D eigenvalue weighted by Gasteiger charge is 2.08. The minimum atomic E-state index is 0.0787. The summed E-state index contributed by atoms with van der Waals surface area (Å²) in [5.74, 6) is 0.384. The van der Waals surface area contributed by atoms with E-state index in [2.05, 4.69) is 0 Å². The third-order valence-electron chi connectivity index (χ3n) is 1.27. The summed E-state index contributed by atoms with van der Waals surface area (Å²) in [7, 11) is 1.52. The zero-order chi connectivity index (χ0) is 6.69. The lowest BCUT2D eigenvalue weighted by Crippen LogP contribution is -2.08. The van der Waals surface area contributed by atoms with Crippen LogP contribution in [0.15, 0.2) is 24.3 Å². The Hall–Kier alpha value is -1.05. The molecule has 1 aliphatic rings. The van der Waals surface area contributed by atoms with Gasteiger partial charge in [0.25, 0.3) is 0 Å². The summed E-state index contributed by atoms with van der Waals surface area (Å²) in [6.07, 6.45) is 7.67. The van der Waals surface area contributed by atoms with Crippen LogP contribution in [0.25, 0.3) is 0 Å². The highest BCUT2D eigenvalue weighted by atomic mass is 16.5. The van der Waals surface area contributed by atoms with E-state index in [1.165, 1.54) is 7.11 Å². The number of ether oxygens (including phenoxy) is 1. The molecule has 0 aromatic carbocycles. The molecule has 2 heteroatoms. The van der Waals surface area contributed by atoms with Gasteiger partial charge in [-0.2, -0.15) is 0 Å². The Labute approximate surface area is 54.3 Å². The highest BCUT2D eigenvalue weighted by Crippen LogP contribution is 2.09. The van der Waals surface area contributed by atoms with Crippen molar-refractivity contribution in [3.63, 3.8) is 0 Å². The SMILES string of the molecule is COC(=N)C1C=CC=C1. The maximum Gasteiger partial charge on any atom is 0.191 e. The molecular formula is C7H9NO. The second kappa shape index (κ2) is 2.49. The van der Waals surface area contributed by atoms with Crippen LogP contribution in [0.5, 0.6) is 0 Å². The Bertz CT molecular complexity index is 158. The quantitative estimate of drug-likeness (QED) is 0.414. The molecule has 0 atom stereocenters. The molecule has 1 aliphatic carbocycles. The van der Waals surface area contributed by atoms with Crippen LogP contribution < -0.4 is 0 Å². The molecule has 0 aliphatic heterocycles. The maximum absolute atomic E-state index is 7.21. The van der Waals surface area contributed by atoms with Gasteiger partial charge < -0.3 is 4.74 Å². The summed E-state index contributed by atoms with van der Waals surface area (Å²) in [6, 6.07) is 0. The normalized spacial score (nSPS) is 16.6. The van der Waals surface area contributed by atoms with E-state index >= 15 is 0 Å². The van der Waals surface area contributed by atoms with Crippen molar-refractivity contribution in [3.05, 3.63) is 24.3 Å². The van der Waals surface area contributed by atoms with Gasteiger partial charge in [0.05, 0.1) is 13.0 Å². The van der Waals surface area contributed by atoms with Crippen molar-refractivity contribution in [3.8, 4) is 0 Å². The average Bonchev–Trinajstić information content (AvgIpc) is 2.37. The molecule has 1 rings (SSSR count). The second-order valence-electron chi connectivity index (χ2n) is 1.86. The zero-order valence-electron chi connectivity index (χ0n) is 5.29. The first-order chi connectivity index (χ1) is 4.34. The molecule has 0 saturated heterocycles. The molecule has 2 nitrogen and oxygen atoms in total. The van der Waals surface area contributed by atoms with Gasteiger partial charge in [-0.05, 0) is 0 Å². The number of rotatable bonds is 1. The molecule has 0 radical (unpaired) electrons. The molecule has 0 amide bonds. The molecule has 1 N–H and O–H groups in total. The maximum atomic E-state index is 7.21. The Balaban J connectivity index is 2.53. The number of methoxy groups -OCH3 is 1. The molecule has 0 bridgehead atoms. The van der Waals surface area contributed by atoms with E-state index in [0.717, 1.165) is 0 Å². The molecular weight excluding hydrogens is 114 g/mol. The standard InChI is InChI=1S/C7H9NO/c1-9-7(8)6-4-2-3-5-6/h2-6,8H,1H3. The van der Waals surface area contributed by atoms with Crippen LogP contribution in [0.1, 0.15) is 0 Å². The van der Waals surface area contributed by atoms with E-state index in [0.29, 0.717) is 5.90 Å². The van der Waals surface area contributed by atoms with Gasteiger partial charge in [0.15, 0.2) is 5.90 Å². The fourth-order valence-electron chi connectivity index (χ4n) is 0.743. The van der Waals surface area contributed by atoms with Gasteiger partial charge >= 0.3 is 0 Å². The summed E-state index contributed by atoms with van der Waals surface area (Å²) in [5.41, 5.74) is 0. The van der Waals surface area contributed by atoms with Crippen LogP contribution in [0.2, 0.25) is 0 Å². The van der Waals surface area contributed by atoms with Gasteiger partial charge in [0.2, 0.25) is 0 Å². The molecule has 0 aromatic rings. The van der Waals surface area contributed by atoms with Crippen molar-refractivity contribution in [2.24, 2.45) is 5.92 Å². The topological polar surface area (TPSA) is 33.1 Å². The molecule has 0 unspecified atom stereocenters. The van der Waals surface area contributed by atoms with Crippen LogP contribution in [0.4, 0.5) is 0 Å². The van der Waals surface area contributed by atoms with Crippen molar-refractivity contribution in [1.82, 2.24) is 0 Å². The lowest BCUT2D eigenvalue weighted by Gasteiger charge is -2.03. The van der Waals surface area contributed by atoms with Gasteiger partial charge in [0, 0.05) is 0 Å². The Kier molecular flexibility index (Phi) is 1.68. The van der Waals surface area contributed by atoms with Crippen LogP contribution >= 0.6 is 0 Å².